The van der Waals surface area contributed by atoms with Crippen molar-refractivity contribution in [2.24, 2.45) is 5.92 Å². The van der Waals surface area contributed by atoms with Gasteiger partial charge in [0.25, 0.3) is 0 Å². The van der Waals surface area contributed by atoms with E-state index in [-0.39, 0.29) is 11.6 Å². The quantitative estimate of drug-likeness (QED) is 0.875. The molecule has 0 saturated heterocycles. The molecule has 18 heavy (non-hydrogen) atoms. The summed E-state index contributed by atoms with van der Waals surface area (Å²) >= 11 is 0. The van der Waals surface area contributed by atoms with Gasteiger partial charge in [-0.25, -0.2) is 0 Å². The van der Waals surface area contributed by atoms with Crippen LogP contribution in [0.25, 0.3) is 0 Å². The number of hydrogen-bond acceptors (Lipinski definition) is 2. The number of hydrogen-bond donors (Lipinski definition) is 1. The maximum Gasteiger partial charge on any atom is 0.418 e. The highest BCUT2D eigenvalue weighted by molar-refractivity contribution is 5.54. The maximum atomic E-state index is 12.9. The molecule has 1 rings (SSSR count). The van der Waals surface area contributed by atoms with Crippen LogP contribution in [0.2, 0.25) is 0 Å². The minimum Gasteiger partial charge on any atom is -0.374 e. The summed E-state index contributed by atoms with van der Waals surface area (Å²) in [5, 5.41) is 3.02. The van der Waals surface area contributed by atoms with Crippen molar-refractivity contribution in [3.05, 3.63) is 29.8 Å². The Labute approximate surface area is 106 Å². The summed E-state index contributed by atoms with van der Waals surface area (Å²) in [5.41, 5.74) is -0.350. The van der Waals surface area contributed by atoms with Crippen LogP contribution in [0.4, 0.5) is 18.9 Å². The summed E-state index contributed by atoms with van der Waals surface area (Å²) in [4.78, 5) is 1.66. The van der Waals surface area contributed by atoms with Crippen LogP contribution in [0, 0.1) is 5.92 Å². The zero-order chi connectivity index (χ0) is 13.8. The van der Waals surface area contributed by atoms with Crippen molar-refractivity contribution in [2.75, 3.05) is 32.1 Å². The van der Waals surface area contributed by atoms with E-state index in [0.29, 0.717) is 6.54 Å². The molecule has 102 valence electrons. The van der Waals surface area contributed by atoms with Crippen LogP contribution in [0.15, 0.2) is 24.3 Å². The van der Waals surface area contributed by atoms with Gasteiger partial charge in [-0.3, -0.25) is 0 Å². The predicted molar refractivity (Wildman–Crippen MR) is 67.8 cm³/mol. The van der Waals surface area contributed by atoms with Crippen LogP contribution in [0.1, 0.15) is 12.5 Å². The van der Waals surface area contributed by atoms with E-state index in [0.717, 1.165) is 12.6 Å². The second-order valence-electron chi connectivity index (χ2n) is 4.56. The van der Waals surface area contributed by atoms with Gasteiger partial charge in [0.2, 0.25) is 0 Å². The number of alkyl halides is 3. The number of benzene rings is 1. The molecule has 2 nitrogen and oxygen atoms in total. The average molecular weight is 260 g/mol. The van der Waals surface area contributed by atoms with Crippen LogP contribution in [0.5, 0.6) is 0 Å². The lowest BCUT2D eigenvalue weighted by Crippen LogP contribution is -2.30. The Balaban J connectivity index is 2.89. The van der Waals surface area contributed by atoms with Crippen molar-refractivity contribution in [3.63, 3.8) is 0 Å². The lowest BCUT2D eigenvalue weighted by atomic mass is 10.1. The topological polar surface area (TPSA) is 15.3 Å². The highest BCUT2D eigenvalue weighted by Gasteiger charge is 2.34. The predicted octanol–water partition coefficient (Wildman–Crippen LogP) is 3.00. The van der Waals surface area contributed by atoms with Gasteiger partial charge in [0.15, 0.2) is 0 Å². The summed E-state index contributed by atoms with van der Waals surface area (Å²) < 4.78 is 38.6. The minimum atomic E-state index is -4.31. The molecule has 0 aliphatic rings. The van der Waals surface area contributed by atoms with Crippen LogP contribution >= 0.6 is 0 Å². The van der Waals surface area contributed by atoms with Crippen LogP contribution in [0.3, 0.4) is 0 Å². The largest absolute Gasteiger partial charge is 0.418 e. The molecule has 0 aromatic heterocycles. The van der Waals surface area contributed by atoms with Crippen molar-refractivity contribution in [1.82, 2.24) is 5.32 Å². The standard InChI is InChI=1S/C13H19F3N2/c1-10(8-17-2)9-18(3)12-7-5-4-6-11(12)13(14,15)16/h4-7,10,17H,8-9H2,1-3H3. The van der Waals surface area contributed by atoms with Gasteiger partial charge in [-0.1, -0.05) is 19.1 Å². The fourth-order valence-electron chi connectivity index (χ4n) is 2.03. The zero-order valence-corrected chi connectivity index (χ0v) is 10.9. The van der Waals surface area contributed by atoms with E-state index in [4.69, 9.17) is 0 Å². The molecular weight excluding hydrogens is 241 g/mol. The first-order valence-electron chi connectivity index (χ1n) is 5.88. The molecule has 1 aromatic carbocycles. The van der Waals surface area contributed by atoms with E-state index in [2.05, 4.69) is 5.32 Å². The number of para-hydroxylation sites is 1. The van der Waals surface area contributed by atoms with E-state index >= 15 is 0 Å². The van der Waals surface area contributed by atoms with Crippen LogP contribution in [-0.2, 0) is 6.18 Å². The second-order valence-corrected chi connectivity index (χ2v) is 4.56. The summed E-state index contributed by atoms with van der Waals surface area (Å²) in [6.07, 6.45) is -4.31. The molecule has 0 aliphatic carbocycles. The fraction of sp³-hybridized carbons (Fsp3) is 0.538. The van der Waals surface area contributed by atoms with E-state index in [9.17, 15) is 13.2 Å². The van der Waals surface area contributed by atoms with E-state index in [1.165, 1.54) is 12.1 Å². The highest BCUT2D eigenvalue weighted by Crippen LogP contribution is 2.36. The Kier molecular flexibility index (Phi) is 5.02. The van der Waals surface area contributed by atoms with Crippen molar-refractivity contribution >= 4 is 5.69 Å². The Morgan fingerprint density at radius 3 is 2.44 bits per heavy atom. The fourth-order valence-corrected chi connectivity index (χ4v) is 2.03. The third-order valence-electron chi connectivity index (χ3n) is 2.76. The van der Waals surface area contributed by atoms with Crippen molar-refractivity contribution in [2.45, 2.75) is 13.1 Å². The molecule has 5 heteroatoms. The summed E-state index contributed by atoms with van der Waals surface area (Å²) in [6.45, 7) is 3.36. The molecule has 0 bridgehead atoms. The third-order valence-corrected chi connectivity index (χ3v) is 2.76. The summed E-state index contributed by atoms with van der Waals surface area (Å²) in [5.74, 6) is 0.279. The Morgan fingerprint density at radius 2 is 1.89 bits per heavy atom. The first-order chi connectivity index (χ1) is 8.36. The SMILES string of the molecule is CNCC(C)CN(C)c1ccccc1C(F)(F)F. The van der Waals surface area contributed by atoms with E-state index in [1.807, 2.05) is 14.0 Å². The Hall–Kier alpha value is -1.23. The number of nitrogens with zero attached hydrogens (tertiary/aromatic N) is 1. The molecule has 0 aliphatic heterocycles. The first-order valence-corrected chi connectivity index (χ1v) is 5.88. The van der Waals surface area contributed by atoms with Crippen molar-refractivity contribution in [1.29, 1.82) is 0 Å². The van der Waals surface area contributed by atoms with Gasteiger partial charge >= 0.3 is 6.18 Å². The van der Waals surface area contributed by atoms with Crippen LogP contribution < -0.4 is 10.2 Å². The molecule has 0 fully saturated rings. The highest BCUT2D eigenvalue weighted by atomic mass is 19.4. The normalized spacial score (nSPS) is 13.4. The monoisotopic (exact) mass is 260 g/mol. The van der Waals surface area contributed by atoms with Gasteiger partial charge in [-0.05, 0) is 31.6 Å². The lowest BCUT2D eigenvalue weighted by Gasteiger charge is -2.26. The number of halogens is 3. The molecule has 1 aromatic rings. The first kappa shape index (κ1) is 14.8. The number of rotatable bonds is 5. The molecule has 1 unspecified atom stereocenters. The van der Waals surface area contributed by atoms with Gasteiger partial charge in [0, 0.05) is 19.3 Å². The molecule has 1 N–H and O–H groups in total. The number of anilines is 1. The Morgan fingerprint density at radius 1 is 1.28 bits per heavy atom. The van der Waals surface area contributed by atoms with E-state index < -0.39 is 11.7 Å². The molecule has 0 spiro atoms. The molecule has 1 atom stereocenters. The molecule has 0 radical (unpaired) electrons. The maximum absolute atomic E-state index is 12.9. The van der Waals surface area contributed by atoms with Crippen molar-refractivity contribution < 1.29 is 13.2 Å². The van der Waals surface area contributed by atoms with Crippen molar-refractivity contribution in [3.8, 4) is 0 Å². The third kappa shape index (κ3) is 3.91. The van der Waals surface area contributed by atoms with Gasteiger partial charge in [0.1, 0.15) is 0 Å². The van der Waals surface area contributed by atoms with Gasteiger partial charge < -0.3 is 10.2 Å². The Bertz CT molecular complexity index is 377. The minimum absolute atomic E-state index is 0.230. The number of nitrogens with one attached hydrogen (secondary N) is 1. The molecular formula is C13H19F3N2. The molecule has 0 heterocycles. The molecule has 0 amide bonds. The average Bonchev–Trinajstić information content (AvgIpc) is 2.28. The van der Waals surface area contributed by atoms with Crippen LogP contribution in [-0.4, -0.2) is 27.2 Å². The van der Waals surface area contributed by atoms with E-state index in [1.54, 1.807) is 18.0 Å². The smallest absolute Gasteiger partial charge is 0.374 e. The lowest BCUT2D eigenvalue weighted by molar-refractivity contribution is -0.137. The van der Waals surface area contributed by atoms with Gasteiger partial charge in [-0.15, -0.1) is 0 Å². The second kappa shape index (κ2) is 6.09. The summed E-state index contributed by atoms with van der Waals surface area (Å²) in [7, 11) is 3.52. The summed E-state index contributed by atoms with van der Waals surface area (Å²) in [6, 6.07) is 5.67. The van der Waals surface area contributed by atoms with Gasteiger partial charge in [0.05, 0.1) is 5.56 Å². The zero-order valence-electron chi connectivity index (χ0n) is 10.9. The van der Waals surface area contributed by atoms with Gasteiger partial charge in [-0.2, -0.15) is 13.2 Å². The molecule has 0 saturated carbocycles.